The monoisotopic (exact) mass is 333 g/mol. The van der Waals surface area contributed by atoms with Crippen LogP contribution in [0.15, 0.2) is 12.4 Å². The van der Waals surface area contributed by atoms with Crippen molar-refractivity contribution < 1.29 is 9.53 Å². The third-order valence-corrected chi connectivity index (χ3v) is 4.14. The Morgan fingerprint density at radius 3 is 2.75 bits per heavy atom. The molecule has 3 heterocycles. The standard InChI is InChI=1S/C15H23N7O2/c1-15(2,3)22-8-11(16-19-22)7-20-6-5-12(9-20)21-10-13(17-18-21)14(23)24-4/h8,10,12H,5-7,9H2,1-4H3. The van der Waals surface area contributed by atoms with E-state index in [1.165, 1.54) is 7.11 Å². The van der Waals surface area contributed by atoms with Gasteiger partial charge in [0.1, 0.15) is 0 Å². The predicted molar refractivity (Wildman–Crippen MR) is 85.3 cm³/mol. The molecular weight excluding hydrogens is 310 g/mol. The molecule has 0 radical (unpaired) electrons. The molecule has 0 N–H and O–H groups in total. The van der Waals surface area contributed by atoms with Crippen molar-refractivity contribution in [3.05, 3.63) is 23.8 Å². The molecule has 0 spiro atoms. The number of methoxy groups -OCH3 is 1. The van der Waals surface area contributed by atoms with Crippen LogP contribution < -0.4 is 0 Å². The van der Waals surface area contributed by atoms with Crippen LogP contribution in [0.4, 0.5) is 0 Å². The largest absolute Gasteiger partial charge is 0.464 e. The first-order valence-electron chi connectivity index (χ1n) is 8.01. The second-order valence-corrected chi connectivity index (χ2v) is 7.08. The number of rotatable bonds is 4. The summed E-state index contributed by atoms with van der Waals surface area (Å²) in [5.74, 6) is -0.463. The molecule has 0 aromatic carbocycles. The highest BCUT2D eigenvalue weighted by molar-refractivity contribution is 5.86. The minimum atomic E-state index is -0.463. The van der Waals surface area contributed by atoms with E-state index in [0.717, 1.165) is 31.7 Å². The number of likely N-dealkylation sites (tertiary alicyclic amines) is 1. The van der Waals surface area contributed by atoms with Crippen molar-refractivity contribution in [2.75, 3.05) is 20.2 Å². The summed E-state index contributed by atoms with van der Waals surface area (Å²) in [6.07, 6.45) is 4.60. The third-order valence-electron chi connectivity index (χ3n) is 4.14. The van der Waals surface area contributed by atoms with Crippen molar-refractivity contribution in [2.24, 2.45) is 0 Å². The Hall–Kier alpha value is -2.29. The van der Waals surface area contributed by atoms with Gasteiger partial charge < -0.3 is 4.74 Å². The second-order valence-electron chi connectivity index (χ2n) is 7.08. The van der Waals surface area contributed by atoms with E-state index < -0.39 is 5.97 Å². The average Bonchev–Trinajstić information content (AvgIpc) is 3.25. The number of carbonyl (C=O) groups is 1. The number of esters is 1. The van der Waals surface area contributed by atoms with Gasteiger partial charge in [-0.2, -0.15) is 0 Å². The lowest BCUT2D eigenvalue weighted by Gasteiger charge is -2.17. The zero-order valence-corrected chi connectivity index (χ0v) is 14.5. The molecule has 0 bridgehead atoms. The van der Waals surface area contributed by atoms with E-state index in [-0.39, 0.29) is 17.3 Å². The molecule has 0 aliphatic carbocycles. The van der Waals surface area contributed by atoms with Crippen LogP contribution in [0.2, 0.25) is 0 Å². The summed E-state index contributed by atoms with van der Waals surface area (Å²) in [6, 6.07) is 0.202. The topological polar surface area (TPSA) is 91.0 Å². The van der Waals surface area contributed by atoms with Gasteiger partial charge in [-0.1, -0.05) is 10.4 Å². The number of aromatic nitrogens is 6. The van der Waals surface area contributed by atoms with Gasteiger partial charge in [0.05, 0.1) is 36.8 Å². The van der Waals surface area contributed by atoms with Crippen LogP contribution in [0, 0.1) is 0 Å². The van der Waals surface area contributed by atoms with Crippen molar-refractivity contribution in [3.63, 3.8) is 0 Å². The van der Waals surface area contributed by atoms with Crippen molar-refractivity contribution in [2.45, 2.75) is 45.3 Å². The maximum Gasteiger partial charge on any atom is 0.360 e. The first kappa shape index (κ1) is 16.6. The zero-order chi connectivity index (χ0) is 17.3. The van der Waals surface area contributed by atoms with Crippen molar-refractivity contribution in [3.8, 4) is 0 Å². The maximum atomic E-state index is 11.5. The molecule has 24 heavy (non-hydrogen) atoms. The summed E-state index contributed by atoms with van der Waals surface area (Å²) in [5, 5.41) is 16.4. The Morgan fingerprint density at radius 1 is 1.29 bits per heavy atom. The fraction of sp³-hybridized carbons (Fsp3) is 0.667. The predicted octanol–water partition coefficient (Wildman–Crippen LogP) is 0.858. The van der Waals surface area contributed by atoms with Crippen molar-refractivity contribution >= 4 is 5.97 Å². The highest BCUT2D eigenvalue weighted by atomic mass is 16.5. The molecule has 1 saturated heterocycles. The van der Waals surface area contributed by atoms with Crippen LogP contribution >= 0.6 is 0 Å². The summed E-state index contributed by atoms with van der Waals surface area (Å²) in [6.45, 7) is 8.83. The minimum Gasteiger partial charge on any atom is -0.464 e. The molecule has 9 nitrogen and oxygen atoms in total. The molecule has 1 fully saturated rings. The lowest BCUT2D eigenvalue weighted by molar-refractivity contribution is 0.0594. The van der Waals surface area contributed by atoms with Gasteiger partial charge in [-0.15, -0.1) is 10.2 Å². The van der Waals surface area contributed by atoms with E-state index in [2.05, 4.69) is 51.0 Å². The highest BCUT2D eigenvalue weighted by Gasteiger charge is 2.27. The van der Waals surface area contributed by atoms with Gasteiger partial charge in [0.15, 0.2) is 5.69 Å². The molecule has 2 aromatic rings. The van der Waals surface area contributed by atoms with E-state index in [0.29, 0.717) is 0 Å². The van der Waals surface area contributed by atoms with Gasteiger partial charge in [0.2, 0.25) is 0 Å². The van der Waals surface area contributed by atoms with Crippen LogP contribution in [0.25, 0.3) is 0 Å². The lowest BCUT2D eigenvalue weighted by Crippen LogP contribution is -2.23. The molecule has 3 rings (SSSR count). The minimum absolute atomic E-state index is 0.0657. The van der Waals surface area contributed by atoms with E-state index in [1.807, 2.05) is 10.9 Å². The van der Waals surface area contributed by atoms with Gasteiger partial charge in [0.25, 0.3) is 0 Å². The van der Waals surface area contributed by atoms with E-state index >= 15 is 0 Å². The molecular formula is C15H23N7O2. The Morgan fingerprint density at radius 2 is 2.08 bits per heavy atom. The van der Waals surface area contributed by atoms with Gasteiger partial charge in [0, 0.05) is 19.6 Å². The quantitative estimate of drug-likeness (QED) is 0.766. The van der Waals surface area contributed by atoms with Crippen LogP contribution in [-0.2, 0) is 16.8 Å². The summed E-state index contributed by atoms with van der Waals surface area (Å²) in [7, 11) is 1.34. The molecule has 0 amide bonds. The first-order valence-corrected chi connectivity index (χ1v) is 8.01. The molecule has 1 aliphatic heterocycles. The smallest absolute Gasteiger partial charge is 0.360 e. The number of ether oxygens (including phenoxy) is 1. The van der Waals surface area contributed by atoms with E-state index in [1.54, 1.807) is 10.9 Å². The Kier molecular flexibility index (Phi) is 4.35. The van der Waals surface area contributed by atoms with Crippen molar-refractivity contribution in [1.29, 1.82) is 0 Å². The number of hydrogen-bond acceptors (Lipinski definition) is 7. The highest BCUT2D eigenvalue weighted by Crippen LogP contribution is 2.22. The molecule has 1 aliphatic rings. The summed E-state index contributed by atoms with van der Waals surface area (Å²) < 4.78 is 8.29. The van der Waals surface area contributed by atoms with Crippen LogP contribution in [0.3, 0.4) is 0 Å². The Labute approximate surface area is 140 Å². The Balaban J connectivity index is 1.60. The van der Waals surface area contributed by atoms with Crippen LogP contribution in [-0.4, -0.2) is 61.1 Å². The first-order chi connectivity index (χ1) is 11.4. The number of carbonyl (C=O) groups excluding carboxylic acids is 1. The number of nitrogens with zero attached hydrogens (tertiary/aromatic N) is 7. The third kappa shape index (κ3) is 3.45. The summed E-state index contributed by atoms with van der Waals surface area (Å²) in [4.78, 5) is 13.8. The normalized spacial score (nSPS) is 18.9. The van der Waals surface area contributed by atoms with Crippen LogP contribution in [0.5, 0.6) is 0 Å². The zero-order valence-electron chi connectivity index (χ0n) is 14.5. The van der Waals surface area contributed by atoms with E-state index in [9.17, 15) is 4.79 Å². The molecule has 0 saturated carbocycles. The van der Waals surface area contributed by atoms with Gasteiger partial charge in [-0.05, 0) is 27.2 Å². The molecule has 1 atom stereocenters. The van der Waals surface area contributed by atoms with E-state index in [4.69, 9.17) is 0 Å². The fourth-order valence-corrected chi connectivity index (χ4v) is 2.75. The average molecular weight is 333 g/mol. The van der Waals surface area contributed by atoms with Gasteiger partial charge >= 0.3 is 5.97 Å². The lowest BCUT2D eigenvalue weighted by atomic mass is 10.1. The second kappa shape index (κ2) is 6.31. The van der Waals surface area contributed by atoms with Crippen molar-refractivity contribution in [1.82, 2.24) is 34.9 Å². The molecule has 130 valence electrons. The summed E-state index contributed by atoms with van der Waals surface area (Å²) >= 11 is 0. The van der Waals surface area contributed by atoms with Gasteiger partial charge in [-0.25, -0.2) is 14.2 Å². The fourth-order valence-electron chi connectivity index (χ4n) is 2.75. The number of hydrogen-bond donors (Lipinski definition) is 0. The molecule has 2 aromatic heterocycles. The maximum absolute atomic E-state index is 11.5. The SMILES string of the molecule is COC(=O)c1cn(C2CCN(Cc3cn(C(C)(C)C)nn3)C2)nn1. The van der Waals surface area contributed by atoms with Gasteiger partial charge in [-0.3, -0.25) is 4.90 Å². The van der Waals surface area contributed by atoms with Crippen LogP contribution in [0.1, 0.15) is 49.4 Å². The molecule has 9 heteroatoms. The Bertz CT molecular complexity index is 715. The molecule has 1 unspecified atom stereocenters. The summed E-state index contributed by atoms with van der Waals surface area (Å²) in [5.41, 5.74) is 1.13.